The first-order valence-corrected chi connectivity index (χ1v) is 5.78. The minimum atomic E-state index is -0.955. The maximum Gasteiger partial charge on any atom is 0.170 e. The Balaban J connectivity index is 2.38. The molecule has 0 saturated carbocycles. The third kappa shape index (κ3) is 2.60. The van der Waals surface area contributed by atoms with Crippen LogP contribution in [-0.2, 0) is 0 Å². The molecule has 1 unspecified atom stereocenters. The molecule has 19 heavy (non-hydrogen) atoms. The number of anilines is 1. The molecule has 1 heterocycles. The van der Waals surface area contributed by atoms with Gasteiger partial charge in [-0.3, -0.25) is 0 Å². The van der Waals surface area contributed by atoms with Crippen LogP contribution in [0.15, 0.2) is 17.3 Å². The molecule has 7 heteroatoms. The Kier molecular flexibility index (Phi) is 3.32. The van der Waals surface area contributed by atoms with Crippen LogP contribution in [0, 0.1) is 11.6 Å². The summed E-state index contributed by atoms with van der Waals surface area (Å²) in [5.74, 6) is -1.98. The summed E-state index contributed by atoms with van der Waals surface area (Å²) in [6.07, 6.45) is 0.438. The molecule has 1 aromatic carbocycles. The first-order valence-electron chi connectivity index (χ1n) is 5.78. The molecule has 1 aliphatic rings. The lowest BCUT2D eigenvalue weighted by Gasteiger charge is -2.22. The van der Waals surface area contributed by atoms with Crippen molar-refractivity contribution < 1.29 is 19.1 Å². The van der Waals surface area contributed by atoms with E-state index >= 15 is 0 Å². The lowest BCUT2D eigenvalue weighted by atomic mass is 10.1. The lowest BCUT2D eigenvalue weighted by Crippen LogP contribution is -2.30. The van der Waals surface area contributed by atoms with Crippen molar-refractivity contribution in [2.45, 2.75) is 18.9 Å². The second kappa shape index (κ2) is 4.65. The van der Waals surface area contributed by atoms with Crippen LogP contribution in [0.3, 0.4) is 0 Å². The predicted molar refractivity (Wildman–Crippen MR) is 66.3 cm³/mol. The zero-order chi connectivity index (χ0) is 14.2. The molecule has 1 aliphatic heterocycles. The molecule has 0 spiro atoms. The highest BCUT2D eigenvalue weighted by Crippen LogP contribution is 2.31. The molecule has 0 bridgehead atoms. The second-order valence-corrected chi connectivity index (χ2v) is 4.94. The van der Waals surface area contributed by atoms with E-state index in [4.69, 9.17) is 10.9 Å². The van der Waals surface area contributed by atoms with Crippen LogP contribution in [0.2, 0.25) is 0 Å². The van der Waals surface area contributed by atoms with Crippen molar-refractivity contribution in [3.05, 3.63) is 29.3 Å². The van der Waals surface area contributed by atoms with E-state index in [9.17, 15) is 13.9 Å². The fourth-order valence-electron chi connectivity index (χ4n) is 2.21. The molecule has 104 valence electrons. The monoisotopic (exact) mass is 271 g/mol. The van der Waals surface area contributed by atoms with E-state index in [1.54, 1.807) is 6.92 Å². The van der Waals surface area contributed by atoms with Gasteiger partial charge in [0, 0.05) is 18.7 Å². The normalized spacial score (nSPS) is 24.0. The van der Waals surface area contributed by atoms with Crippen LogP contribution in [0.1, 0.15) is 18.9 Å². The molecule has 1 aromatic rings. The van der Waals surface area contributed by atoms with E-state index in [1.807, 2.05) is 0 Å². The fraction of sp³-hybridized carbons (Fsp3) is 0.417. The first kappa shape index (κ1) is 13.5. The third-order valence-electron chi connectivity index (χ3n) is 3.19. The summed E-state index contributed by atoms with van der Waals surface area (Å²) in [6, 6.07) is 2.00. The number of benzene rings is 1. The summed E-state index contributed by atoms with van der Waals surface area (Å²) in [7, 11) is 0. The molecule has 1 atom stereocenters. The van der Waals surface area contributed by atoms with Crippen molar-refractivity contribution in [2.75, 3.05) is 18.0 Å². The van der Waals surface area contributed by atoms with Crippen LogP contribution < -0.4 is 10.6 Å². The molecule has 2 rings (SSSR count). The summed E-state index contributed by atoms with van der Waals surface area (Å²) in [4.78, 5) is 1.45. The molecule has 0 radical (unpaired) electrons. The molecular formula is C12H15F2N3O2. The van der Waals surface area contributed by atoms with Gasteiger partial charge in [0.1, 0.15) is 17.3 Å². The van der Waals surface area contributed by atoms with Gasteiger partial charge >= 0.3 is 0 Å². The van der Waals surface area contributed by atoms with Crippen molar-refractivity contribution in [3.8, 4) is 0 Å². The van der Waals surface area contributed by atoms with Gasteiger partial charge in [0.25, 0.3) is 0 Å². The molecule has 1 saturated heterocycles. The minimum absolute atomic E-state index is 0.0350. The zero-order valence-electron chi connectivity index (χ0n) is 10.4. The Morgan fingerprint density at radius 2 is 2.00 bits per heavy atom. The Labute approximate surface area is 108 Å². The van der Waals surface area contributed by atoms with Crippen LogP contribution in [0.25, 0.3) is 0 Å². The average molecular weight is 271 g/mol. The number of hydrogen-bond donors (Lipinski definition) is 3. The van der Waals surface area contributed by atoms with Crippen molar-refractivity contribution in [1.82, 2.24) is 0 Å². The number of amidine groups is 1. The average Bonchev–Trinajstić information content (AvgIpc) is 2.67. The maximum absolute atomic E-state index is 14.0. The lowest BCUT2D eigenvalue weighted by molar-refractivity contribution is 0.0839. The van der Waals surface area contributed by atoms with Gasteiger partial charge in [0.05, 0.1) is 5.60 Å². The van der Waals surface area contributed by atoms with Crippen molar-refractivity contribution >= 4 is 11.5 Å². The van der Waals surface area contributed by atoms with E-state index in [-0.39, 0.29) is 23.6 Å². The molecule has 5 nitrogen and oxygen atoms in total. The Morgan fingerprint density at radius 1 is 1.42 bits per heavy atom. The van der Waals surface area contributed by atoms with E-state index in [0.29, 0.717) is 13.0 Å². The Bertz CT molecular complexity index is 509. The second-order valence-electron chi connectivity index (χ2n) is 4.94. The smallest absolute Gasteiger partial charge is 0.170 e. The van der Waals surface area contributed by atoms with Crippen molar-refractivity contribution in [2.24, 2.45) is 10.9 Å². The molecule has 1 fully saturated rings. The highest BCUT2D eigenvalue weighted by Gasteiger charge is 2.34. The van der Waals surface area contributed by atoms with E-state index in [1.165, 1.54) is 4.90 Å². The topological polar surface area (TPSA) is 82.1 Å². The predicted octanol–water partition coefficient (Wildman–Crippen LogP) is 1.02. The molecular weight excluding hydrogens is 256 g/mol. The van der Waals surface area contributed by atoms with Crippen molar-refractivity contribution in [3.63, 3.8) is 0 Å². The van der Waals surface area contributed by atoms with Crippen LogP contribution in [-0.4, -0.2) is 34.8 Å². The number of aliphatic hydroxyl groups is 1. The van der Waals surface area contributed by atoms with Gasteiger partial charge in [-0.1, -0.05) is 5.16 Å². The van der Waals surface area contributed by atoms with Crippen LogP contribution in [0.5, 0.6) is 0 Å². The summed E-state index contributed by atoms with van der Waals surface area (Å²) < 4.78 is 27.9. The molecule has 0 aromatic heterocycles. The third-order valence-corrected chi connectivity index (χ3v) is 3.19. The van der Waals surface area contributed by atoms with Crippen molar-refractivity contribution in [1.29, 1.82) is 0 Å². The minimum Gasteiger partial charge on any atom is -0.409 e. The maximum atomic E-state index is 14.0. The molecule has 4 N–H and O–H groups in total. The highest BCUT2D eigenvalue weighted by molar-refractivity contribution is 5.97. The first-order chi connectivity index (χ1) is 8.84. The number of oxime groups is 1. The van der Waals surface area contributed by atoms with E-state index in [2.05, 4.69) is 5.16 Å². The number of nitrogens with zero attached hydrogens (tertiary/aromatic N) is 2. The fourth-order valence-corrected chi connectivity index (χ4v) is 2.21. The number of halogens is 2. The number of β-amino-alcohol motifs (C(OH)–C–C–N with tert-alkyl or cyclic N) is 1. The van der Waals surface area contributed by atoms with E-state index in [0.717, 1.165) is 12.1 Å². The van der Waals surface area contributed by atoms with Gasteiger partial charge < -0.3 is 20.9 Å². The highest BCUT2D eigenvalue weighted by atomic mass is 19.1. The molecule has 0 aliphatic carbocycles. The number of nitrogens with two attached hydrogens (primary N) is 1. The van der Waals surface area contributed by atoms with Gasteiger partial charge in [-0.2, -0.15) is 0 Å². The SMILES string of the molecule is CC1(O)CCN(c2c(F)cc(C(N)=NO)cc2F)C1. The number of hydrogen-bond acceptors (Lipinski definition) is 4. The molecule has 0 amide bonds. The van der Waals surface area contributed by atoms with Crippen LogP contribution in [0.4, 0.5) is 14.5 Å². The Morgan fingerprint density at radius 3 is 2.42 bits per heavy atom. The van der Waals surface area contributed by atoms with Gasteiger partial charge in [0.15, 0.2) is 5.84 Å². The summed E-state index contributed by atoms with van der Waals surface area (Å²) in [6.45, 7) is 2.14. The summed E-state index contributed by atoms with van der Waals surface area (Å²) >= 11 is 0. The standard InChI is InChI=1S/C12H15F2N3O2/c1-12(18)2-3-17(6-12)10-8(13)4-7(5-9(10)14)11(15)16-19/h4-5,18-19H,2-3,6H2,1H3,(H2,15,16). The van der Waals surface area contributed by atoms with Gasteiger partial charge in [0.2, 0.25) is 0 Å². The number of rotatable bonds is 2. The van der Waals surface area contributed by atoms with Gasteiger partial charge in [-0.05, 0) is 25.5 Å². The van der Waals surface area contributed by atoms with E-state index < -0.39 is 17.2 Å². The van der Waals surface area contributed by atoms with Gasteiger partial charge in [-0.15, -0.1) is 0 Å². The summed E-state index contributed by atoms with van der Waals surface area (Å²) in [5.41, 5.74) is 4.10. The van der Waals surface area contributed by atoms with Crippen LogP contribution >= 0.6 is 0 Å². The summed E-state index contributed by atoms with van der Waals surface area (Å²) in [5, 5.41) is 21.0. The zero-order valence-corrected chi connectivity index (χ0v) is 10.4. The largest absolute Gasteiger partial charge is 0.409 e. The Hall–Kier alpha value is -1.89. The van der Waals surface area contributed by atoms with Gasteiger partial charge in [-0.25, -0.2) is 8.78 Å². The quantitative estimate of drug-likeness (QED) is 0.324.